The largest absolute Gasteiger partial charge is 0.456 e. The molecule has 0 N–H and O–H groups in total. The molecule has 4 aromatic carbocycles. The Kier molecular flexibility index (Phi) is 6.46. The minimum atomic E-state index is 0.803. The molecule has 0 atom stereocenters. The van der Waals surface area contributed by atoms with Crippen LogP contribution in [0.25, 0.3) is 44.3 Å². The van der Waals surface area contributed by atoms with Crippen molar-refractivity contribution in [3.8, 4) is 22.4 Å². The van der Waals surface area contributed by atoms with Crippen LogP contribution in [0, 0.1) is 5.92 Å². The van der Waals surface area contributed by atoms with Gasteiger partial charge >= 0.3 is 0 Å². The van der Waals surface area contributed by atoms with Gasteiger partial charge in [0.2, 0.25) is 0 Å². The Bertz CT molecular complexity index is 1720. The van der Waals surface area contributed by atoms with E-state index in [1.54, 1.807) is 0 Å². The van der Waals surface area contributed by atoms with Gasteiger partial charge in [0.05, 0.1) is 5.69 Å². The molecular formula is C37H33NO. The highest BCUT2D eigenvalue weighted by Gasteiger charge is 2.17. The lowest BCUT2D eigenvalue weighted by molar-refractivity contribution is 0.356. The Morgan fingerprint density at radius 3 is 2.26 bits per heavy atom. The highest BCUT2D eigenvalue weighted by Crippen LogP contribution is 2.40. The number of nitrogens with zero attached hydrogens (tertiary/aromatic N) is 1. The zero-order chi connectivity index (χ0) is 26.0. The summed E-state index contributed by atoms with van der Waals surface area (Å²) in [6.45, 7) is 0. The highest BCUT2D eigenvalue weighted by molar-refractivity contribution is 6.13. The SMILES string of the molecule is c1ccc(Cc2ccc(-c3cc(-c4cc(CC5CCCCC5)ccn4)cc4oc5ccccc5c34)cc2)cc1. The maximum atomic E-state index is 6.40. The topological polar surface area (TPSA) is 26.0 Å². The summed E-state index contributed by atoms with van der Waals surface area (Å²) in [7, 11) is 0. The molecule has 0 amide bonds. The maximum absolute atomic E-state index is 6.40. The normalized spacial score (nSPS) is 14.3. The summed E-state index contributed by atoms with van der Waals surface area (Å²) < 4.78 is 6.40. The molecule has 192 valence electrons. The molecule has 0 saturated heterocycles. The van der Waals surface area contributed by atoms with Crippen molar-refractivity contribution in [1.29, 1.82) is 0 Å². The molecule has 1 aliphatic rings. The summed E-state index contributed by atoms with van der Waals surface area (Å²) in [5.41, 5.74) is 10.4. The van der Waals surface area contributed by atoms with Crippen LogP contribution in [-0.2, 0) is 12.8 Å². The second-order valence-corrected chi connectivity index (χ2v) is 11.1. The van der Waals surface area contributed by atoms with E-state index >= 15 is 0 Å². The van der Waals surface area contributed by atoms with E-state index < -0.39 is 0 Å². The van der Waals surface area contributed by atoms with E-state index in [0.717, 1.165) is 46.6 Å². The highest BCUT2D eigenvalue weighted by atomic mass is 16.3. The van der Waals surface area contributed by atoms with Crippen LogP contribution in [0.5, 0.6) is 0 Å². The van der Waals surface area contributed by atoms with Crippen LogP contribution in [0.1, 0.15) is 48.8 Å². The third-order valence-electron chi connectivity index (χ3n) is 8.36. The second-order valence-electron chi connectivity index (χ2n) is 11.1. The van der Waals surface area contributed by atoms with E-state index in [2.05, 4.69) is 97.1 Å². The van der Waals surface area contributed by atoms with Crippen LogP contribution in [0.3, 0.4) is 0 Å². The minimum Gasteiger partial charge on any atom is -0.456 e. The summed E-state index contributed by atoms with van der Waals surface area (Å²) in [6.07, 6.45) is 10.9. The standard InChI is InChI=1S/C37H33NO/c1-3-9-26(10-4-1)21-28-15-17-30(18-16-28)33-24-31(25-36-37(33)32-13-7-8-14-35(32)39-36)34-23-29(19-20-38-34)22-27-11-5-2-6-12-27/h1,3-4,7-10,13-20,23-25,27H,2,5-6,11-12,21-22H2. The fraction of sp³-hybridized carbons (Fsp3) is 0.216. The van der Waals surface area contributed by atoms with Crippen molar-refractivity contribution in [2.24, 2.45) is 5.92 Å². The Labute approximate surface area is 230 Å². The lowest BCUT2D eigenvalue weighted by Crippen LogP contribution is -2.09. The Hall–Kier alpha value is -4.17. The Balaban J connectivity index is 1.30. The van der Waals surface area contributed by atoms with Gasteiger partial charge in [0.15, 0.2) is 0 Å². The van der Waals surface area contributed by atoms with E-state index in [1.165, 1.54) is 65.3 Å². The van der Waals surface area contributed by atoms with Crippen molar-refractivity contribution >= 4 is 21.9 Å². The van der Waals surface area contributed by atoms with Crippen LogP contribution in [0.4, 0.5) is 0 Å². The van der Waals surface area contributed by atoms with Crippen LogP contribution in [-0.4, -0.2) is 4.98 Å². The van der Waals surface area contributed by atoms with E-state index in [4.69, 9.17) is 9.40 Å². The quantitative estimate of drug-likeness (QED) is 0.224. The van der Waals surface area contributed by atoms with E-state index in [0.29, 0.717) is 0 Å². The summed E-state index contributed by atoms with van der Waals surface area (Å²) in [6, 6.07) is 37.0. The molecule has 2 heterocycles. The summed E-state index contributed by atoms with van der Waals surface area (Å²) >= 11 is 0. The molecule has 39 heavy (non-hydrogen) atoms. The molecule has 0 aliphatic heterocycles. The number of hydrogen-bond acceptors (Lipinski definition) is 2. The molecule has 1 saturated carbocycles. The zero-order valence-electron chi connectivity index (χ0n) is 22.3. The van der Waals surface area contributed by atoms with Crippen LogP contribution in [0.2, 0.25) is 0 Å². The van der Waals surface area contributed by atoms with Gasteiger partial charge in [0.1, 0.15) is 11.2 Å². The Morgan fingerprint density at radius 1 is 0.641 bits per heavy atom. The number of fused-ring (bicyclic) bond motifs is 3. The maximum Gasteiger partial charge on any atom is 0.136 e. The molecule has 0 bridgehead atoms. The van der Waals surface area contributed by atoms with Gasteiger partial charge in [-0.15, -0.1) is 0 Å². The van der Waals surface area contributed by atoms with Gasteiger partial charge in [0.25, 0.3) is 0 Å². The molecule has 1 fully saturated rings. The van der Waals surface area contributed by atoms with Gasteiger partial charge in [-0.3, -0.25) is 4.98 Å². The van der Waals surface area contributed by atoms with Crippen molar-refractivity contribution in [2.45, 2.75) is 44.9 Å². The molecule has 0 spiro atoms. The molecule has 2 nitrogen and oxygen atoms in total. The summed E-state index contributed by atoms with van der Waals surface area (Å²) in [5, 5.41) is 2.32. The second kappa shape index (κ2) is 10.5. The summed E-state index contributed by atoms with van der Waals surface area (Å²) in [4.78, 5) is 4.82. The van der Waals surface area contributed by atoms with Crippen molar-refractivity contribution in [1.82, 2.24) is 4.98 Å². The molecule has 2 aromatic heterocycles. The molecule has 0 radical (unpaired) electrons. The Morgan fingerprint density at radius 2 is 1.41 bits per heavy atom. The van der Waals surface area contributed by atoms with Crippen molar-refractivity contribution < 1.29 is 4.42 Å². The number of rotatable bonds is 6. The number of pyridine rings is 1. The molecule has 0 unspecified atom stereocenters. The lowest BCUT2D eigenvalue weighted by atomic mass is 9.85. The minimum absolute atomic E-state index is 0.803. The van der Waals surface area contributed by atoms with Crippen molar-refractivity contribution in [3.05, 3.63) is 126 Å². The number of aromatic nitrogens is 1. The van der Waals surface area contributed by atoms with Gasteiger partial charge in [0, 0.05) is 22.5 Å². The van der Waals surface area contributed by atoms with E-state index in [1.807, 2.05) is 12.3 Å². The predicted octanol–water partition coefficient (Wildman–Crippen LogP) is 10.0. The number of para-hydroxylation sites is 1. The first-order valence-corrected chi connectivity index (χ1v) is 14.3. The van der Waals surface area contributed by atoms with Gasteiger partial charge in [-0.05, 0) is 76.9 Å². The van der Waals surface area contributed by atoms with Crippen LogP contribution in [0.15, 0.2) is 114 Å². The van der Waals surface area contributed by atoms with Gasteiger partial charge in [-0.2, -0.15) is 0 Å². The monoisotopic (exact) mass is 507 g/mol. The number of hydrogen-bond donors (Lipinski definition) is 0. The summed E-state index contributed by atoms with van der Waals surface area (Å²) in [5.74, 6) is 0.803. The van der Waals surface area contributed by atoms with Crippen LogP contribution < -0.4 is 0 Å². The smallest absolute Gasteiger partial charge is 0.136 e. The van der Waals surface area contributed by atoms with Gasteiger partial charge < -0.3 is 4.42 Å². The average Bonchev–Trinajstić information content (AvgIpc) is 3.37. The fourth-order valence-corrected chi connectivity index (χ4v) is 6.35. The van der Waals surface area contributed by atoms with Gasteiger partial charge in [-0.25, -0.2) is 0 Å². The first kappa shape index (κ1) is 23.9. The predicted molar refractivity (Wildman–Crippen MR) is 162 cm³/mol. The molecule has 2 heteroatoms. The van der Waals surface area contributed by atoms with Crippen LogP contribution >= 0.6 is 0 Å². The average molecular weight is 508 g/mol. The van der Waals surface area contributed by atoms with E-state index in [9.17, 15) is 0 Å². The third kappa shape index (κ3) is 5.00. The number of furan rings is 1. The van der Waals surface area contributed by atoms with E-state index in [-0.39, 0.29) is 0 Å². The number of benzene rings is 4. The molecule has 6 aromatic rings. The molecular weight excluding hydrogens is 474 g/mol. The molecule has 7 rings (SSSR count). The van der Waals surface area contributed by atoms with Gasteiger partial charge in [-0.1, -0.05) is 105 Å². The first-order valence-electron chi connectivity index (χ1n) is 14.3. The third-order valence-corrected chi connectivity index (χ3v) is 8.36. The van der Waals surface area contributed by atoms with Crippen molar-refractivity contribution in [3.63, 3.8) is 0 Å². The van der Waals surface area contributed by atoms with Crippen molar-refractivity contribution in [2.75, 3.05) is 0 Å². The fourth-order valence-electron chi connectivity index (χ4n) is 6.35. The molecule has 1 aliphatic carbocycles. The zero-order valence-corrected chi connectivity index (χ0v) is 22.3. The first-order chi connectivity index (χ1) is 19.3. The lowest BCUT2D eigenvalue weighted by Gasteiger charge is -2.21.